The van der Waals surface area contributed by atoms with Crippen molar-refractivity contribution in [3.05, 3.63) is 94.6 Å². The fraction of sp³-hybridized carbons (Fsp3) is 0.148. The summed E-state index contributed by atoms with van der Waals surface area (Å²) in [4.78, 5) is 26.1. The van der Waals surface area contributed by atoms with E-state index in [1.165, 1.54) is 0 Å². The third-order valence-electron chi connectivity index (χ3n) is 5.27. The van der Waals surface area contributed by atoms with Crippen molar-refractivity contribution in [3.63, 3.8) is 0 Å². The standard InChI is InChI=1S/C27H21N3O4S.Na/c1-16(2)34-21-10-7-19(8-11-21)26(31)22(13-17-3-5-18(15-28)6-4-17)25(27(32)33)20-9-12-23-24(14-20)30-35-29-23;/h3-12,14,16H,13H2,1-2H3,(H,32,33);/q;+1/p-1. The maximum absolute atomic E-state index is 13.7. The zero-order chi connectivity index (χ0) is 24.9. The van der Waals surface area contributed by atoms with Crippen molar-refractivity contribution in [2.75, 3.05) is 0 Å². The number of carboxylic acids is 1. The number of rotatable bonds is 8. The summed E-state index contributed by atoms with van der Waals surface area (Å²) in [5.41, 5.74) is 2.80. The summed E-state index contributed by atoms with van der Waals surface area (Å²) in [7, 11) is 0. The molecule has 9 heteroatoms. The number of Topliss-reactive ketones (excluding diaryl/α,β-unsaturated/α-hetero) is 1. The molecule has 0 radical (unpaired) electrons. The van der Waals surface area contributed by atoms with E-state index in [0.717, 1.165) is 11.7 Å². The van der Waals surface area contributed by atoms with Gasteiger partial charge in [0.1, 0.15) is 16.8 Å². The van der Waals surface area contributed by atoms with Gasteiger partial charge >= 0.3 is 29.6 Å². The van der Waals surface area contributed by atoms with Gasteiger partial charge in [0.15, 0.2) is 5.78 Å². The van der Waals surface area contributed by atoms with E-state index in [2.05, 4.69) is 8.75 Å². The number of aliphatic carboxylic acids is 1. The van der Waals surface area contributed by atoms with E-state index in [1.54, 1.807) is 66.7 Å². The molecule has 1 heterocycles. The van der Waals surface area contributed by atoms with Crippen LogP contribution in [0.4, 0.5) is 0 Å². The average Bonchev–Trinajstić information content (AvgIpc) is 3.31. The van der Waals surface area contributed by atoms with Crippen LogP contribution in [0.15, 0.2) is 72.3 Å². The van der Waals surface area contributed by atoms with Crippen molar-refractivity contribution in [2.24, 2.45) is 0 Å². The van der Waals surface area contributed by atoms with Crippen LogP contribution in [0, 0.1) is 11.3 Å². The Morgan fingerprint density at radius 1 is 0.972 bits per heavy atom. The van der Waals surface area contributed by atoms with Gasteiger partial charge in [-0.2, -0.15) is 14.0 Å². The molecule has 0 aliphatic carbocycles. The summed E-state index contributed by atoms with van der Waals surface area (Å²) in [5.74, 6) is -1.30. The first-order valence-corrected chi connectivity index (χ1v) is 11.6. The number of nitriles is 1. The van der Waals surface area contributed by atoms with Gasteiger partial charge in [-0.3, -0.25) is 4.79 Å². The first kappa shape index (κ1) is 27.2. The van der Waals surface area contributed by atoms with Crippen LogP contribution in [0.3, 0.4) is 0 Å². The van der Waals surface area contributed by atoms with Crippen LogP contribution in [0.1, 0.15) is 40.9 Å². The third kappa shape index (κ3) is 6.25. The maximum Gasteiger partial charge on any atom is 1.00 e. The van der Waals surface area contributed by atoms with E-state index in [9.17, 15) is 14.7 Å². The molecule has 0 saturated carbocycles. The Labute approximate surface area is 234 Å². The summed E-state index contributed by atoms with van der Waals surface area (Å²) in [6.07, 6.45) is 0.00837. The summed E-state index contributed by atoms with van der Waals surface area (Å²) < 4.78 is 14.0. The molecular formula is C27H20N3NaO4S. The van der Waals surface area contributed by atoms with Crippen molar-refractivity contribution in [3.8, 4) is 11.8 Å². The molecule has 4 rings (SSSR count). The molecule has 0 spiro atoms. The largest absolute Gasteiger partial charge is 1.00 e. The van der Waals surface area contributed by atoms with Crippen molar-refractivity contribution in [1.82, 2.24) is 8.75 Å². The minimum Gasteiger partial charge on any atom is -0.545 e. The minimum atomic E-state index is -1.47. The van der Waals surface area contributed by atoms with Gasteiger partial charge in [0.05, 0.1) is 35.4 Å². The Bertz CT molecular complexity index is 1470. The molecule has 3 aromatic carbocycles. The van der Waals surface area contributed by atoms with Crippen LogP contribution in [0.25, 0.3) is 16.6 Å². The molecule has 0 aliphatic rings. The maximum atomic E-state index is 13.7. The molecule has 0 atom stereocenters. The van der Waals surface area contributed by atoms with E-state index in [-0.39, 0.29) is 53.2 Å². The third-order valence-corrected chi connectivity index (χ3v) is 5.83. The molecule has 0 fully saturated rings. The Morgan fingerprint density at radius 2 is 1.61 bits per heavy atom. The molecule has 0 unspecified atom stereocenters. The van der Waals surface area contributed by atoms with E-state index in [4.69, 9.17) is 10.00 Å². The van der Waals surface area contributed by atoms with Gasteiger partial charge in [-0.05, 0) is 73.5 Å². The second-order valence-corrected chi connectivity index (χ2v) is 8.64. The fourth-order valence-corrected chi connectivity index (χ4v) is 4.19. The molecule has 0 amide bonds. The van der Waals surface area contributed by atoms with Crippen LogP contribution >= 0.6 is 11.7 Å². The number of ether oxygens (including phenoxy) is 1. The molecule has 0 saturated heterocycles. The Morgan fingerprint density at radius 3 is 2.22 bits per heavy atom. The molecule has 0 bridgehead atoms. The number of nitrogens with zero attached hydrogens (tertiary/aromatic N) is 3. The van der Waals surface area contributed by atoms with Crippen LogP contribution < -0.4 is 39.4 Å². The fourth-order valence-electron chi connectivity index (χ4n) is 3.67. The second kappa shape index (κ2) is 12.1. The number of hydrogen-bond donors (Lipinski definition) is 0. The Kier molecular flexibility index (Phi) is 9.13. The minimum absolute atomic E-state index is 0. The smallest absolute Gasteiger partial charge is 0.545 e. The number of benzene rings is 3. The predicted molar refractivity (Wildman–Crippen MR) is 131 cm³/mol. The van der Waals surface area contributed by atoms with Gasteiger partial charge in [0.2, 0.25) is 0 Å². The van der Waals surface area contributed by atoms with E-state index >= 15 is 0 Å². The average molecular weight is 506 g/mol. The topological polar surface area (TPSA) is 116 Å². The SMILES string of the molecule is CC(C)Oc1ccc(C(=O)C(Cc2ccc(C#N)cc2)=C(C(=O)[O-])c2ccc3nsnc3c2)cc1.[Na+]. The summed E-state index contributed by atoms with van der Waals surface area (Å²) in [6, 6.07) is 20.1. The van der Waals surface area contributed by atoms with Crippen molar-refractivity contribution in [2.45, 2.75) is 26.4 Å². The second-order valence-electron chi connectivity index (χ2n) is 8.11. The van der Waals surface area contributed by atoms with Crippen molar-refractivity contribution < 1.29 is 49.0 Å². The number of fused-ring (bicyclic) bond motifs is 1. The monoisotopic (exact) mass is 505 g/mol. The first-order chi connectivity index (χ1) is 16.9. The van der Waals surface area contributed by atoms with Gasteiger partial charge in [-0.15, -0.1) is 0 Å². The molecule has 36 heavy (non-hydrogen) atoms. The normalized spacial score (nSPS) is 11.4. The summed E-state index contributed by atoms with van der Waals surface area (Å²) >= 11 is 1.02. The number of aromatic nitrogens is 2. The van der Waals surface area contributed by atoms with Gasteiger partial charge in [-0.25, -0.2) is 0 Å². The number of allylic oxidation sites excluding steroid dienone is 1. The predicted octanol–water partition coefficient (Wildman–Crippen LogP) is 0.983. The van der Waals surface area contributed by atoms with Gasteiger partial charge < -0.3 is 14.6 Å². The van der Waals surface area contributed by atoms with Crippen LogP contribution in [0.5, 0.6) is 5.75 Å². The molecule has 174 valence electrons. The number of carbonyl (C=O) groups excluding carboxylic acids is 2. The van der Waals surface area contributed by atoms with Crippen molar-refractivity contribution in [1.29, 1.82) is 5.26 Å². The van der Waals surface area contributed by atoms with Gasteiger partial charge in [0.25, 0.3) is 0 Å². The van der Waals surface area contributed by atoms with Crippen molar-refractivity contribution >= 4 is 40.1 Å². The Balaban J connectivity index is 0.00000361. The molecule has 0 aliphatic heterocycles. The van der Waals surface area contributed by atoms with Crippen LogP contribution in [-0.4, -0.2) is 26.6 Å². The molecule has 0 N–H and O–H groups in total. The zero-order valence-electron chi connectivity index (χ0n) is 20.0. The quantitative estimate of drug-likeness (QED) is 0.199. The molecule has 4 aromatic rings. The first-order valence-electron chi connectivity index (χ1n) is 10.8. The molecule has 7 nitrogen and oxygen atoms in total. The van der Waals surface area contributed by atoms with E-state index in [1.807, 2.05) is 19.9 Å². The van der Waals surface area contributed by atoms with Gasteiger partial charge in [0, 0.05) is 23.1 Å². The van der Waals surface area contributed by atoms with E-state index < -0.39 is 11.8 Å². The Hall–Kier alpha value is -3.35. The molecular weight excluding hydrogens is 485 g/mol. The molecule has 1 aromatic heterocycles. The summed E-state index contributed by atoms with van der Waals surface area (Å²) in [6.45, 7) is 3.80. The number of hydrogen-bond acceptors (Lipinski definition) is 8. The van der Waals surface area contributed by atoms with Crippen LogP contribution in [0.2, 0.25) is 0 Å². The number of ketones is 1. The summed E-state index contributed by atoms with van der Waals surface area (Å²) in [5, 5.41) is 21.5. The number of carbonyl (C=O) groups is 2. The van der Waals surface area contributed by atoms with Crippen LogP contribution in [-0.2, 0) is 11.2 Å². The van der Waals surface area contributed by atoms with E-state index in [0.29, 0.717) is 39.0 Å². The van der Waals surface area contributed by atoms with Gasteiger partial charge in [-0.1, -0.05) is 18.2 Å². The zero-order valence-corrected chi connectivity index (χ0v) is 22.8. The number of carboxylic acid groups (broad SMARTS) is 1.